The molecule has 1 aromatic carbocycles. The molecule has 0 fully saturated rings. The second kappa shape index (κ2) is 5.93. The molecule has 96 valence electrons. The molecule has 1 unspecified atom stereocenters. The van der Waals surface area contributed by atoms with Crippen LogP contribution in [-0.4, -0.2) is 20.2 Å². The Hall–Kier alpha value is -0.460. The predicted molar refractivity (Wildman–Crippen MR) is 69.9 cm³/mol. The number of hydrogen-bond acceptors (Lipinski definition) is 3. The molecule has 0 aliphatic heterocycles. The molecule has 0 spiro atoms. The van der Waals surface area contributed by atoms with Crippen LogP contribution in [0.4, 0.5) is 4.39 Å². The van der Waals surface area contributed by atoms with Crippen LogP contribution in [0.1, 0.15) is 18.9 Å². The first kappa shape index (κ1) is 14.6. The monoisotopic (exact) mass is 323 g/mol. The van der Waals surface area contributed by atoms with Crippen LogP contribution < -0.4 is 5.73 Å². The lowest BCUT2D eigenvalue weighted by Gasteiger charge is -2.12. The molecule has 6 heteroatoms. The maximum absolute atomic E-state index is 13.0. The lowest BCUT2D eigenvalue weighted by Crippen LogP contribution is -2.22. The molecule has 1 rings (SSSR count). The Kier molecular flexibility index (Phi) is 5.09. The van der Waals surface area contributed by atoms with Crippen LogP contribution in [0.2, 0.25) is 0 Å². The van der Waals surface area contributed by atoms with E-state index in [1.165, 1.54) is 18.2 Å². The Morgan fingerprint density at radius 1 is 1.47 bits per heavy atom. The maximum atomic E-state index is 13.0. The predicted octanol–water partition coefficient (Wildman–Crippen LogP) is 2.24. The molecule has 0 amide bonds. The van der Waals surface area contributed by atoms with E-state index in [9.17, 15) is 12.8 Å². The van der Waals surface area contributed by atoms with Crippen molar-refractivity contribution < 1.29 is 12.8 Å². The average Bonchev–Trinajstić information content (AvgIpc) is 2.23. The zero-order valence-corrected chi connectivity index (χ0v) is 11.9. The number of benzene rings is 1. The minimum Gasteiger partial charge on any atom is -0.330 e. The minimum atomic E-state index is -3.23. The fourth-order valence-corrected chi connectivity index (χ4v) is 3.27. The van der Waals surface area contributed by atoms with Crippen molar-refractivity contribution in [3.05, 3.63) is 34.1 Å². The summed E-state index contributed by atoms with van der Waals surface area (Å²) in [7, 11) is -3.23. The van der Waals surface area contributed by atoms with Gasteiger partial charge in [-0.2, -0.15) is 0 Å². The molecule has 3 nitrogen and oxygen atoms in total. The van der Waals surface area contributed by atoms with Crippen molar-refractivity contribution >= 4 is 25.8 Å². The maximum Gasteiger partial charge on any atom is 0.157 e. The lowest BCUT2D eigenvalue weighted by molar-refractivity contribution is 0.577. The fraction of sp³-hybridized carbons (Fsp3) is 0.455. The molecule has 0 aromatic heterocycles. The van der Waals surface area contributed by atoms with Crippen molar-refractivity contribution in [3.8, 4) is 0 Å². The second-order valence-corrected chi connectivity index (χ2v) is 7.22. The van der Waals surface area contributed by atoms with Gasteiger partial charge in [0.2, 0.25) is 0 Å². The summed E-state index contributed by atoms with van der Waals surface area (Å²) in [6, 6.07) is 4.22. The van der Waals surface area contributed by atoms with E-state index >= 15 is 0 Å². The van der Waals surface area contributed by atoms with Gasteiger partial charge in [-0.3, -0.25) is 0 Å². The molecule has 0 saturated heterocycles. The number of nitrogens with two attached hydrogens (primary N) is 1. The Morgan fingerprint density at radius 3 is 2.65 bits per heavy atom. The molecular weight excluding hydrogens is 309 g/mol. The minimum absolute atomic E-state index is 0.0902. The Morgan fingerprint density at radius 2 is 2.12 bits per heavy atom. The van der Waals surface area contributed by atoms with E-state index in [-0.39, 0.29) is 10.2 Å². The van der Waals surface area contributed by atoms with Gasteiger partial charge >= 0.3 is 0 Å². The summed E-state index contributed by atoms with van der Waals surface area (Å²) >= 11 is 3.03. The van der Waals surface area contributed by atoms with Crippen molar-refractivity contribution in [2.24, 2.45) is 5.73 Å². The summed E-state index contributed by atoms with van der Waals surface area (Å²) in [6.45, 7) is 1.98. The largest absolute Gasteiger partial charge is 0.330 e. The zero-order valence-electron chi connectivity index (χ0n) is 9.49. The normalized spacial score (nSPS) is 13.6. The summed E-state index contributed by atoms with van der Waals surface area (Å²) < 4.78 is 37.1. The number of rotatable bonds is 5. The van der Waals surface area contributed by atoms with Crippen LogP contribution in [0.5, 0.6) is 0 Å². The van der Waals surface area contributed by atoms with E-state index in [4.69, 9.17) is 5.73 Å². The van der Waals surface area contributed by atoms with Crippen LogP contribution in [0.25, 0.3) is 0 Å². The first-order valence-corrected chi connectivity index (χ1v) is 7.73. The number of halogens is 2. The van der Waals surface area contributed by atoms with Gasteiger partial charge in [0.05, 0.1) is 15.5 Å². The van der Waals surface area contributed by atoms with E-state index in [0.717, 1.165) is 0 Å². The molecule has 1 aromatic rings. The van der Waals surface area contributed by atoms with E-state index < -0.39 is 20.9 Å². The SMILES string of the molecule is CC(CCN)S(=O)(=O)Cc1ccc(F)c(Br)c1. The van der Waals surface area contributed by atoms with E-state index in [2.05, 4.69) is 15.9 Å². The lowest BCUT2D eigenvalue weighted by atomic mass is 10.2. The summed E-state index contributed by atoms with van der Waals surface area (Å²) in [6.07, 6.45) is 0.435. The van der Waals surface area contributed by atoms with Gasteiger partial charge in [0, 0.05) is 0 Å². The van der Waals surface area contributed by atoms with Crippen molar-refractivity contribution in [3.63, 3.8) is 0 Å². The molecule has 0 radical (unpaired) electrons. The standard InChI is InChI=1S/C11H15BrFNO2S/c1-8(4-5-14)17(15,16)7-9-2-3-11(13)10(12)6-9/h2-3,6,8H,4-5,7,14H2,1H3. The average molecular weight is 324 g/mol. The first-order valence-electron chi connectivity index (χ1n) is 5.22. The number of sulfone groups is 1. The van der Waals surface area contributed by atoms with Gasteiger partial charge in [-0.1, -0.05) is 6.07 Å². The second-order valence-electron chi connectivity index (χ2n) is 3.94. The van der Waals surface area contributed by atoms with Gasteiger partial charge in [0.25, 0.3) is 0 Å². The first-order chi connectivity index (χ1) is 7.86. The van der Waals surface area contributed by atoms with E-state index in [0.29, 0.717) is 18.5 Å². The smallest absolute Gasteiger partial charge is 0.157 e. The third kappa shape index (κ3) is 4.04. The molecular formula is C11H15BrFNO2S. The molecule has 1 atom stereocenters. The molecule has 0 saturated carbocycles. The molecule has 2 N–H and O–H groups in total. The summed E-state index contributed by atoms with van der Waals surface area (Å²) in [5.41, 5.74) is 5.91. The van der Waals surface area contributed by atoms with Crippen molar-refractivity contribution in [2.45, 2.75) is 24.3 Å². The molecule has 0 bridgehead atoms. The van der Waals surface area contributed by atoms with Crippen LogP contribution in [-0.2, 0) is 15.6 Å². The van der Waals surface area contributed by atoms with Crippen LogP contribution in [0.15, 0.2) is 22.7 Å². The highest BCUT2D eigenvalue weighted by atomic mass is 79.9. The van der Waals surface area contributed by atoms with Crippen LogP contribution >= 0.6 is 15.9 Å². The van der Waals surface area contributed by atoms with Gasteiger partial charge in [0.15, 0.2) is 9.84 Å². The van der Waals surface area contributed by atoms with Crippen molar-refractivity contribution in [2.75, 3.05) is 6.54 Å². The molecule has 17 heavy (non-hydrogen) atoms. The third-order valence-electron chi connectivity index (χ3n) is 2.54. The Bertz CT molecular complexity index is 490. The summed E-state index contributed by atoms with van der Waals surface area (Å²) in [5, 5.41) is -0.476. The highest BCUT2D eigenvalue weighted by Gasteiger charge is 2.20. The molecule has 0 aliphatic rings. The summed E-state index contributed by atoms with van der Waals surface area (Å²) in [4.78, 5) is 0. The van der Waals surface area contributed by atoms with Crippen LogP contribution in [0, 0.1) is 5.82 Å². The molecule has 0 heterocycles. The van der Waals surface area contributed by atoms with Crippen molar-refractivity contribution in [1.29, 1.82) is 0 Å². The third-order valence-corrected chi connectivity index (χ3v) is 5.34. The summed E-state index contributed by atoms with van der Waals surface area (Å²) in [5.74, 6) is -0.492. The highest BCUT2D eigenvalue weighted by Crippen LogP contribution is 2.20. The van der Waals surface area contributed by atoms with Gasteiger partial charge in [0.1, 0.15) is 5.82 Å². The fourth-order valence-electron chi connectivity index (χ4n) is 1.42. The van der Waals surface area contributed by atoms with Crippen LogP contribution in [0.3, 0.4) is 0 Å². The van der Waals surface area contributed by atoms with Crippen molar-refractivity contribution in [1.82, 2.24) is 0 Å². The number of hydrogen-bond donors (Lipinski definition) is 1. The zero-order chi connectivity index (χ0) is 13.1. The van der Waals surface area contributed by atoms with Gasteiger partial charge < -0.3 is 5.73 Å². The Labute approximate surface area is 109 Å². The van der Waals surface area contributed by atoms with E-state index in [1.807, 2.05) is 0 Å². The Balaban J connectivity index is 2.86. The topological polar surface area (TPSA) is 60.2 Å². The quantitative estimate of drug-likeness (QED) is 0.904. The van der Waals surface area contributed by atoms with Gasteiger partial charge in [-0.25, -0.2) is 12.8 Å². The van der Waals surface area contributed by atoms with Gasteiger partial charge in [-0.15, -0.1) is 0 Å². The molecule has 0 aliphatic carbocycles. The van der Waals surface area contributed by atoms with Gasteiger partial charge in [-0.05, 0) is 53.5 Å². The van der Waals surface area contributed by atoms with E-state index in [1.54, 1.807) is 6.92 Å². The highest BCUT2D eigenvalue weighted by molar-refractivity contribution is 9.10.